The van der Waals surface area contributed by atoms with Crippen molar-refractivity contribution in [3.05, 3.63) is 58.6 Å². The molecule has 0 spiro atoms. The van der Waals surface area contributed by atoms with E-state index in [4.69, 9.17) is 16.3 Å². The van der Waals surface area contributed by atoms with E-state index in [0.717, 1.165) is 5.56 Å². The van der Waals surface area contributed by atoms with Gasteiger partial charge in [-0.15, -0.1) is 0 Å². The lowest BCUT2D eigenvalue weighted by Crippen LogP contribution is -2.27. The van der Waals surface area contributed by atoms with Crippen LogP contribution in [0.5, 0.6) is 5.75 Å². The molecule has 0 bridgehead atoms. The summed E-state index contributed by atoms with van der Waals surface area (Å²) < 4.78 is 5.32. The number of para-hydroxylation sites is 1. The van der Waals surface area contributed by atoms with Crippen molar-refractivity contribution in [3.8, 4) is 5.75 Å². The number of amides is 1. The number of carbonyl (C=O) groups is 3. The highest BCUT2D eigenvalue weighted by Gasteiger charge is 2.36. The molecule has 128 valence electrons. The van der Waals surface area contributed by atoms with Crippen LogP contribution in [0, 0.1) is 12.8 Å². The minimum Gasteiger partial charge on any atom is -0.425 e. The zero-order chi connectivity index (χ0) is 18.0. The Balaban J connectivity index is 1.74. The summed E-state index contributed by atoms with van der Waals surface area (Å²) in [6, 6.07) is 11.8. The van der Waals surface area contributed by atoms with Crippen LogP contribution in [-0.2, 0) is 9.59 Å². The molecule has 2 aromatic rings. The van der Waals surface area contributed by atoms with Crippen LogP contribution < -0.4 is 9.64 Å². The molecule has 1 aliphatic rings. The summed E-state index contributed by atoms with van der Waals surface area (Å²) >= 11 is 6.12. The average molecular weight is 358 g/mol. The van der Waals surface area contributed by atoms with Crippen molar-refractivity contribution in [2.45, 2.75) is 13.3 Å². The fraction of sp³-hybridized carbons (Fsp3) is 0.211. The Morgan fingerprint density at radius 2 is 2.04 bits per heavy atom. The number of benzene rings is 2. The molecule has 3 rings (SSSR count). The summed E-state index contributed by atoms with van der Waals surface area (Å²) in [6.07, 6.45) is 0.691. The molecular formula is C19H16ClNO4. The Morgan fingerprint density at radius 1 is 1.28 bits per heavy atom. The van der Waals surface area contributed by atoms with Crippen molar-refractivity contribution < 1.29 is 19.1 Å². The number of halogens is 1. The molecule has 1 saturated heterocycles. The molecule has 6 heteroatoms. The van der Waals surface area contributed by atoms with Crippen molar-refractivity contribution >= 4 is 35.5 Å². The van der Waals surface area contributed by atoms with Crippen LogP contribution in [0.1, 0.15) is 22.3 Å². The largest absolute Gasteiger partial charge is 0.425 e. The van der Waals surface area contributed by atoms with Crippen LogP contribution in [0.25, 0.3) is 0 Å². The third kappa shape index (κ3) is 3.56. The maximum Gasteiger partial charge on any atom is 0.316 e. The standard InChI is InChI=1S/C19H16ClNO4/c1-12-6-7-15(9-16(12)20)21-10-14(8-18(21)23)19(24)25-17-5-3-2-4-13(17)11-22/h2-7,9,11,14H,8,10H2,1H3/t14-/m1/s1. The SMILES string of the molecule is Cc1ccc(N2C[C@H](C(=O)Oc3ccccc3C=O)CC2=O)cc1Cl. The highest BCUT2D eigenvalue weighted by Crippen LogP contribution is 2.30. The molecule has 2 aromatic carbocycles. The van der Waals surface area contributed by atoms with Gasteiger partial charge >= 0.3 is 5.97 Å². The molecule has 0 N–H and O–H groups in total. The van der Waals surface area contributed by atoms with Crippen LogP contribution >= 0.6 is 11.6 Å². The Morgan fingerprint density at radius 3 is 2.76 bits per heavy atom. The molecule has 5 nitrogen and oxygen atoms in total. The zero-order valence-electron chi connectivity index (χ0n) is 13.6. The maximum atomic E-state index is 12.4. The third-order valence-electron chi connectivity index (χ3n) is 4.18. The molecule has 1 amide bonds. The van der Waals surface area contributed by atoms with Crippen molar-refractivity contribution in [2.75, 3.05) is 11.4 Å². The minimum absolute atomic E-state index is 0.0631. The number of aryl methyl sites for hydroxylation is 1. The van der Waals surface area contributed by atoms with Gasteiger partial charge in [-0.25, -0.2) is 0 Å². The number of rotatable bonds is 4. The van der Waals surface area contributed by atoms with E-state index >= 15 is 0 Å². The first-order chi connectivity index (χ1) is 12.0. The van der Waals surface area contributed by atoms with E-state index in [9.17, 15) is 14.4 Å². The number of nitrogens with zero attached hydrogens (tertiary/aromatic N) is 1. The van der Waals surface area contributed by atoms with E-state index in [0.29, 0.717) is 22.6 Å². The van der Waals surface area contributed by atoms with E-state index in [1.807, 2.05) is 13.0 Å². The molecule has 0 aromatic heterocycles. The van der Waals surface area contributed by atoms with Gasteiger partial charge in [0.2, 0.25) is 5.91 Å². The van der Waals surface area contributed by atoms with Crippen molar-refractivity contribution in [1.82, 2.24) is 0 Å². The first-order valence-electron chi connectivity index (χ1n) is 7.82. The Kier molecular flexibility index (Phi) is 4.86. The van der Waals surface area contributed by atoms with Gasteiger partial charge in [-0.1, -0.05) is 29.8 Å². The number of carbonyl (C=O) groups excluding carboxylic acids is 3. The molecule has 1 heterocycles. The van der Waals surface area contributed by atoms with E-state index in [1.54, 1.807) is 36.4 Å². The van der Waals surface area contributed by atoms with Gasteiger partial charge in [0.05, 0.1) is 11.5 Å². The van der Waals surface area contributed by atoms with Gasteiger partial charge in [0.25, 0.3) is 0 Å². The normalized spacial score (nSPS) is 16.8. The second-order valence-corrected chi connectivity index (χ2v) is 6.32. The molecule has 1 aliphatic heterocycles. The third-order valence-corrected chi connectivity index (χ3v) is 4.59. The highest BCUT2D eigenvalue weighted by atomic mass is 35.5. The van der Waals surface area contributed by atoms with Gasteiger partial charge in [0.1, 0.15) is 5.75 Å². The fourth-order valence-electron chi connectivity index (χ4n) is 2.73. The van der Waals surface area contributed by atoms with Crippen molar-refractivity contribution in [2.24, 2.45) is 5.92 Å². The van der Waals surface area contributed by atoms with Gasteiger partial charge in [-0.3, -0.25) is 14.4 Å². The van der Waals surface area contributed by atoms with E-state index in [-0.39, 0.29) is 24.6 Å². The predicted molar refractivity (Wildman–Crippen MR) is 94.1 cm³/mol. The highest BCUT2D eigenvalue weighted by molar-refractivity contribution is 6.31. The molecule has 0 radical (unpaired) electrons. The van der Waals surface area contributed by atoms with E-state index < -0.39 is 11.9 Å². The number of ether oxygens (including phenoxy) is 1. The summed E-state index contributed by atoms with van der Waals surface area (Å²) in [6.45, 7) is 2.10. The lowest BCUT2D eigenvalue weighted by atomic mass is 10.1. The molecule has 0 aliphatic carbocycles. The predicted octanol–water partition coefficient (Wildman–Crippen LogP) is 3.42. The van der Waals surface area contributed by atoms with Crippen molar-refractivity contribution in [3.63, 3.8) is 0 Å². The smallest absolute Gasteiger partial charge is 0.316 e. The second-order valence-electron chi connectivity index (χ2n) is 5.92. The molecule has 0 saturated carbocycles. The number of aldehydes is 1. The molecular weight excluding hydrogens is 342 g/mol. The average Bonchev–Trinajstić information content (AvgIpc) is 3.00. The summed E-state index contributed by atoms with van der Waals surface area (Å²) in [5, 5.41) is 0.566. The first kappa shape index (κ1) is 17.2. The zero-order valence-corrected chi connectivity index (χ0v) is 14.3. The number of anilines is 1. The quantitative estimate of drug-likeness (QED) is 0.478. The van der Waals surface area contributed by atoms with Crippen LogP contribution in [0.15, 0.2) is 42.5 Å². The topological polar surface area (TPSA) is 63.7 Å². The van der Waals surface area contributed by atoms with Gasteiger partial charge in [0.15, 0.2) is 6.29 Å². The number of hydrogen-bond donors (Lipinski definition) is 0. The summed E-state index contributed by atoms with van der Waals surface area (Å²) in [5.74, 6) is -1.08. The Hall–Kier alpha value is -2.66. The summed E-state index contributed by atoms with van der Waals surface area (Å²) in [5.41, 5.74) is 1.87. The lowest BCUT2D eigenvalue weighted by Gasteiger charge is -2.17. The van der Waals surface area contributed by atoms with Gasteiger partial charge in [-0.05, 0) is 36.8 Å². The van der Waals surface area contributed by atoms with Crippen LogP contribution in [0.4, 0.5) is 5.69 Å². The van der Waals surface area contributed by atoms with Gasteiger partial charge < -0.3 is 9.64 Å². The van der Waals surface area contributed by atoms with E-state index in [2.05, 4.69) is 0 Å². The van der Waals surface area contributed by atoms with E-state index in [1.165, 1.54) is 4.90 Å². The van der Waals surface area contributed by atoms with Crippen LogP contribution in [0.3, 0.4) is 0 Å². The Labute approximate surface area is 150 Å². The first-order valence-corrected chi connectivity index (χ1v) is 8.20. The van der Waals surface area contributed by atoms with Crippen LogP contribution in [-0.4, -0.2) is 24.7 Å². The fourth-order valence-corrected chi connectivity index (χ4v) is 2.90. The van der Waals surface area contributed by atoms with Crippen molar-refractivity contribution in [1.29, 1.82) is 0 Å². The molecule has 25 heavy (non-hydrogen) atoms. The lowest BCUT2D eigenvalue weighted by molar-refractivity contribution is -0.139. The summed E-state index contributed by atoms with van der Waals surface area (Å²) in [4.78, 5) is 37.2. The molecule has 1 atom stereocenters. The monoisotopic (exact) mass is 357 g/mol. The second kappa shape index (κ2) is 7.07. The van der Waals surface area contributed by atoms with Gasteiger partial charge in [-0.2, -0.15) is 0 Å². The number of hydrogen-bond acceptors (Lipinski definition) is 4. The minimum atomic E-state index is -0.590. The Bertz CT molecular complexity index is 849. The molecule has 1 fully saturated rings. The van der Waals surface area contributed by atoms with Crippen LogP contribution in [0.2, 0.25) is 5.02 Å². The molecule has 0 unspecified atom stereocenters. The van der Waals surface area contributed by atoms with Gasteiger partial charge in [0, 0.05) is 23.7 Å². The summed E-state index contributed by atoms with van der Waals surface area (Å²) in [7, 11) is 0. The maximum absolute atomic E-state index is 12.4. The number of esters is 1.